The highest BCUT2D eigenvalue weighted by Crippen LogP contribution is 2.47. The Balaban J connectivity index is 1.42. The summed E-state index contributed by atoms with van der Waals surface area (Å²) in [4.78, 5) is 9.25. The van der Waals surface area contributed by atoms with E-state index in [1.165, 1.54) is 50.5 Å². The third-order valence-corrected chi connectivity index (χ3v) is 10.4. The van der Waals surface area contributed by atoms with Crippen LogP contribution in [-0.2, 0) is 0 Å². The number of hydrogen-bond acceptors (Lipinski definition) is 5. The molecule has 33 heavy (non-hydrogen) atoms. The highest BCUT2D eigenvalue weighted by molar-refractivity contribution is 7.28. The Morgan fingerprint density at radius 3 is 1.91 bits per heavy atom. The van der Waals surface area contributed by atoms with Crippen molar-refractivity contribution in [2.75, 3.05) is 0 Å². The summed E-state index contributed by atoms with van der Waals surface area (Å²) < 4.78 is 0. The van der Waals surface area contributed by atoms with Crippen molar-refractivity contribution >= 4 is 91.8 Å². The SMILES string of the molecule is C(=Cc1cccs1)c1ccc2c(-c3cccs3)sc(-c3ccc(C=Cc4cccs4)s3)c2c1. The molecule has 6 rings (SSSR count). The van der Waals surface area contributed by atoms with E-state index in [9.17, 15) is 0 Å². The molecule has 0 radical (unpaired) electrons. The maximum atomic E-state index is 2.35. The molecule has 5 heteroatoms. The topological polar surface area (TPSA) is 0 Å². The van der Waals surface area contributed by atoms with Crippen molar-refractivity contribution in [3.8, 4) is 19.5 Å². The lowest BCUT2D eigenvalue weighted by molar-refractivity contribution is 1.76. The summed E-state index contributed by atoms with van der Waals surface area (Å²) >= 11 is 9.13. The second-order valence-corrected chi connectivity index (χ2v) is 12.5. The Morgan fingerprint density at radius 2 is 1.18 bits per heavy atom. The van der Waals surface area contributed by atoms with Crippen molar-refractivity contribution in [3.05, 3.63) is 103 Å². The number of hydrogen-bond donors (Lipinski definition) is 0. The van der Waals surface area contributed by atoms with Gasteiger partial charge in [-0.25, -0.2) is 0 Å². The Kier molecular flexibility index (Phi) is 5.97. The predicted molar refractivity (Wildman–Crippen MR) is 155 cm³/mol. The van der Waals surface area contributed by atoms with Crippen LogP contribution in [0.4, 0.5) is 0 Å². The van der Waals surface area contributed by atoms with Gasteiger partial charge in [0.25, 0.3) is 0 Å². The van der Waals surface area contributed by atoms with Gasteiger partial charge in [-0.05, 0) is 76.3 Å². The molecule has 160 valence electrons. The van der Waals surface area contributed by atoms with Gasteiger partial charge in [-0.15, -0.1) is 56.7 Å². The van der Waals surface area contributed by atoms with E-state index in [-0.39, 0.29) is 0 Å². The lowest BCUT2D eigenvalue weighted by atomic mass is 10.1. The third kappa shape index (κ3) is 4.47. The second kappa shape index (κ2) is 9.37. The van der Waals surface area contributed by atoms with Crippen LogP contribution in [0.2, 0.25) is 0 Å². The highest BCUT2D eigenvalue weighted by Gasteiger charge is 2.16. The first-order valence-electron chi connectivity index (χ1n) is 10.5. The molecule has 0 atom stereocenters. The maximum absolute atomic E-state index is 2.35. The molecule has 0 unspecified atom stereocenters. The Labute approximate surface area is 213 Å². The first-order valence-corrected chi connectivity index (χ1v) is 14.7. The van der Waals surface area contributed by atoms with E-state index >= 15 is 0 Å². The summed E-state index contributed by atoms with van der Waals surface area (Å²) in [6.07, 6.45) is 8.86. The van der Waals surface area contributed by atoms with E-state index in [2.05, 4.69) is 107 Å². The molecule has 0 spiro atoms. The molecular weight excluding hydrogens is 497 g/mol. The lowest BCUT2D eigenvalue weighted by Crippen LogP contribution is -1.75. The summed E-state index contributed by atoms with van der Waals surface area (Å²) in [7, 11) is 0. The molecule has 5 aromatic heterocycles. The minimum atomic E-state index is 1.24. The van der Waals surface area contributed by atoms with E-state index in [4.69, 9.17) is 0 Å². The van der Waals surface area contributed by atoms with Gasteiger partial charge in [-0.1, -0.05) is 36.4 Å². The molecule has 0 aliphatic heterocycles. The second-order valence-electron chi connectivity index (χ2n) is 7.44. The quantitative estimate of drug-likeness (QED) is 0.207. The molecule has 1 aromatic carbocycles. The molecule has 0 nitrogen and oxygen atoms in total. The van der Waals surface area contributed by atoms with Crippen LogP contribution in [0.15, 0.2) is 82.9 Å². The van der Waals surface area contributed by atoms with Gasteiger partial charge in [0.15, 0.2) is 0 Å². The molecule has 0 fully saturated rings. The van der Waals surface area contributed by atoms with E-state index in [0.29, 0.717) is 0 Å². The first kappa shape index (κ1) is 21.0. The van der Waals surface area contributed by atoms with E-state index in [0.717, 1.165) is 0 Å². The minimum absolute atomic E-state index is 1.24. The Bertz CT molecular complexity index is 1540. The summed E-state index contributed by atoms with van der Waals surface area (Å²) in [5, 5.41) is 9.08. The van der Waals surface area contributed by atoms with Crippen LogP contribution in [0.3, 0.4) is 0 Å². The number of rotatable bonds is 6. The van der Waals surface area contributed by atoms with Crippen molar-refractivity contribution < 1.29 is 0 Å². The lowest BCUT2D eigenvalue weighted by Gasteiger charge is -1.99. The van der Waals surface area contributed by atoms with Gasteiger partial charge < -0.3 is 0 Å². The standard InChI is InChI=1S/C28H18S5/c1-4-20(29-15-1)9-7-19-8-13-23-24(18-19)28(33-27(23)25-6-3-17-31-25)26-14-12-22(32-26)11-10-21-5-2-16-30-21/h1-18H. The van der Waals surface area contributed by atoms with Crippen molar-refractivity contribution in [1.29, 1.82) is 0 Å². The molecule has 0 saturated carbocycles. The van der Waals surface area contributed by atoms with Gasteiger partial charge in [0.05, 0.1) is 9.75 Å². The van der Waals surface area contributed by atoms with Crippen molar-refractivity contribution in [2.24, 2.45) is 0 Å². The van der Waals surface area contributed by atoms with Crippen LogP contribution >= 0.6 is 56.7 Å². The van der Waals surface area contributed by atoms with Gasteiger partial charge in [0.2, 0.25) is 0 Å². The average molecular weight is 515 g/mol. The minimum Gasteiger partial charge on any atom is -0.144 e. The number of benzene rings is 1. The van der Waals surface area contributed by atoms with E-state index < -0.39 is 0 Å². The Hall–Kier alpha value is -2.54. The first-order chi connectivity index (χ1) is 16.3. The van der Waals surface area contributed by atoms with Crippen LogP contribution in [0.1, 0.15) is 20.2 Å². The van der Waals surface area contributed by atoms with Gasteiger partial charge in [-0.2, -0.15) is 0 Å². The molecule has 6 aromatic rings. The fourth-order valence-corrected chi connectivity index (χ4v) is 8.12. The summed E-state index contributed by atoms with van der Waals surface area (Å²) in [5.41, 5.74) is 1.24. The van der Waals surface area contributed by atoms with Crippen molar-refractivity contribution in [2.45, 2.75) is 0 Å². The maximum Gasteiger partial charge on any atom is 0.0528 e. The molecule has 0 N–H and O–H groups in total. The predicted octanol–water partition coefficient (Wildman–Crippen LogP) is 10.8. The summed E-state index contributed by atoms with van der Waals surface area (Å²) in [5.74, 6) is 0. The molecule has 5 heterocycles. The van der Waals surface area contributed by atoms with E-state index in [1.807, 2.05) is 34.0 Å². The Morgan fingerprint density at radius 1 is 0.485 bits per heavy atom. The largest absolute Gasteiger partial charge is 0.144 e. The van der Waals surface area contributed by atoms with Crippen LogP contribution in [0.25, 0.3) is 54.6 Å². The average Bonchev–Trinajstić information content (AvgIpc) is 3.67. The molecule has 0 bridgehead atoms. The summed E-state index contributed by atoms with van der Waals surface area (Å²) in [6, 6.07) is 24.3. The fraction of sp³-hybridized carbons (Fsp3) is 0. The molecular formula is C28H18S5. The zero-order valence-corrected chi connectivity index (χ0v) is 21.5. The number of fused-ring (bicyclic) bond motifs is 1. The highest BCUT2D eigenvalue weighted by atomic mass is 32.1. The zero-order chi connectivity index (χ0) is 22.0. The van der Waals surface area contributed by atoms with Gasteiger partial charge in [-0.3, -0.25) is 0 Å². The van der Waals surface area contributed by atoms with Crippen LogP contribution < -0.4 is 0 Å². The van der Waals surface area contributed by atoms with E-state index in [1.54, 1.807) is 22.7 Å². The summed E-state index contributed by atoms with van der Waals surface area (Å²) in [6.45, 7) is 0. The van der Waals surface area contributed by atoms with Crippen molar-refractivity contribution in [1.82, 2.24) is 0 Å². The molecule has 0 aliphatic carbocycles. The molecule has 0 aliphatic rings. The van der Waals surface area contributed by atoms with Gasteiger partial charge in [0, 0.05) is 35.2 Å². The monoisotopic (exact) mass is 514 g/mol. The zero-order valence-electron chi connectivity index (χ0n) is 17.4. The normalized spacial score (nSPS) is 12.0. The van der Waals surface area contributed by atoms with Gasteiger partial charge >= 0.3 is 0 Å². The number of thiophene rings is 5. The van der Waals surface area contributed by atoms with Crippen LogP contribution in [0, 0.1) is 0 Å². The third-order valence-electron chi connectivity index (χ3n) is 5.27. The van der Waals surface area contributed by atoms with Crippen molar-refractivity contribution in [3.63, 3.8) is 0 Å². The molecule has 0 saturated heterocycles. The van der Waals surface area contributed by atoms with Gasteiger partial charge in [0.1, 0.15) is 0 Å². The van der Waals surface area contributed by atoms with Crippen LogP contribution in [-0.4, -0.2) is 0 Å². The van der Waals surface area contributed by atoms with Crippen LogP contribution in [0.5, 0.6) is 0 Å². The smallest absolute Gasteiger partial charge is 0.0528 e. The fourth-order valence-electron chi connectivity index (χ4n) is 3.72. The molecule has 0 amide bonds.